The first-order valence-corrected chi connectivity index (χ1v) is 9.87. The number of imidazole rings is 1. The van der Waals surface area contributed by atoms with Crippen molar-refractivity contribution in [3.63, 3.8) is 0 Å². The minimum Gasteiger partial charge on any atom is -0.464 e. The van der Waals surface area contributed by atoms with Crippen LogP contribution in [0.1, 0.15) is 30.8 Å². The quantitative estimate of drug-likeness (QED) is 0.680. The third-order valence-corrected chi connectivity index (χ3v) is 6.84. The third kappa shape index (κ3) is 2.86. The van der Waals surface area contributed by atoms with E-state index in [1.54, 1.807) is 24.4 Å². The van der Waals surface area contributed by atoms with Gasteiger partial charge >= 0.3 is 0 Å². The van der Waals surface area contributed by atoms with Crippen molar-refractivity contribution in [2.24, 2.45) is 5.92 Å². The lowest BCUT2D eigenvalue weighted by Crippen LogP contribution is -2.27. The van der Waals surface area contributed by atoms with Crippen LogP contribution < -0.4 is 0 Å². The van der Waals surface area contributed by atoms with Crippen LogP contribution in [0.3, 0.4) is 0 Å². The molecule has 1 aliphatic carbocycles. The van der Waals surface area contributed by atoms with Crippen molar-refractivity contribution in [1.82, 2.24) is 13.7 Å². The highest BCUT2D eigenvalue weighted by Crippen LogP contribution is 2.47. The van der Waals surface area contributed by atoms with Gasteiger partial charge in [0.25, 0.3) is 10.0 Å². The predicted molar refractivity (Wildman–Crippen MR) is 94.1 cm³/mol. The Hall–Kier alpha value is -1.83. The summed E-state index contributed by atoms with van der Waals surface area (Å²) in [5.74, 6) is 2.65. The van der Waals surface area contributed by atoms with E-state index in [4.69, 9.17) is 16.0 Å². The van der Waals surface area contributed by atoms with Gasteiger partial charge in [-0.3, -0.25) is 4.40 Å². The second kappa shape index (κ2) is 5.86. The van der Waals surface area contributed by atoms with Crippen LogP contribution in [-0.4, -0.2) is 29.2 Å². The van der Waals surface area contributed by atoms with Crippen molar-refractivity contribution in [1.29, 1.82) is 0 Å². The number of halogens is 1. The van der Waals surface area contributed by atoms with Gasteiger partial charge in [0.1, 0.15) is 17.2 Å². The van der Waals surface area contributed by atoms with Gasteiger partial charge in [0.2, 0.25) is 0 Å². The molecule has 0 bridgehead atoms. The molecule has 1 fully saturated rings. The molecule has 4 rings (SSSR count). The lowest BCUT2D eigenvalue weighted by atomic mass is 10.3. The molecule has 3 aromatic heterocycles. The average molecular weight is 380 g/mol. The third-order valence-electron chi connectivity index (χ3n) is 4.64. The fourth-order valence-corrected chi connectivity index (χ4v) is 4.75. The molecule has 0 radical (unpaired) electrons. The highest BCUT2D eigenvalue weighted by Gasteiger charge is 2.37. The Morgan fingerprint density at radius 3 is 2.84 bits per heavy atom. The number of aromatic nitrogens is 2. The molecule has 6 nitrogen and oxygen atoms in total. The van der Waals surface area contributed by atoms with Crippen LogP contribution >= 0.6 is 11.6 Å². The van der Waals surface area contributed by atoms with Gasteiger partial charge in [0, 0.05) is 19.2 Å². The van der Waals surface area contributed by atoms with Crippen LogP contribution in [0.2, 0.25) is 5.15 Å². The summed E-state index contributed by atoms with van der Waals surface area (Å²) in [5.41, 5.74) is 0.488. The zero-order valence-electron chi connectivity index (χ0n) is 13.9. The van der Waals surface area contributed by atoms with Gasteiger partial charge in [-0.05, 0) is 36.6 Å². The number of hydrogen-bond acceptors (Lipinski definition) is 4. The molecule has 0 spiro atoms. The Morgan fingerprint density at radius 1 is 1.36 bits per heavy atom. The van der Waals surface area contributed by atoms with Gasteiger partial charge in [-0.1, -0.05) is 24.6 Å². The number of nitrogens with zero attached hydrogens (tertiary/aromatic N) is 3. The molecule has 2 atom stereocenters. The number of hydrogen-bond donors (Lipinski definition) is 0. The zero-order valence-corrected chi connectivity index (χ0v) is 15.5. The van der Waals surface area contributed by atoms with Crippen LogP contribution in [0.4, 0.5) is 0 Å². The summed E-state index contributed by atoms with van der Waals surface area (Å²) in [7, 11) is -2.31. The number of furan rings is 1. The summed E-state index contributed by atoms with van der Waals surface area (Å²) in [5, 5.41) is -0.0696. The van der Waals surface area contributed by atoms with E-state index in [2.05, 4.69) is 11.9 Å². The van der Waals surface area contributed by atoms with Crippen molar-refractivity contribution in [3.05, 3.63) is 53.2 Å². The fourth-order valence-electron chi connectivity index (χ4n) is 3.02. The molecule has 1 saturated carbocycles. The summed E-state index contributed by atoms with van der Waals surface area (Å²) < 4.78 is 34.5. The topological polar surface area (TPSA) is 67.8 Å². The smallest absolute Gasteiger partial charge is 0.262 e. The van der Waals surface area contributed by atoms with E-state index >= 15 is 0 Å². The van der Waals surface area contributed by atoms with Gasteiger partial charge < -0.3 is 4.42 Å². The molecule has 0 N–H and O–H groups in total. The molecule has 0 unspecified atom stereocenters. The molecule has 25 heavy (non-hydrogen) atoms. The summed E-state index contributed by atoms with van der Waals surface area (Å²) in [6, 6.07) is 9.00. The van der Waals surface area contributed by atoms with Gasteiger partial charge in [0.05, 0.1) is 6.54 Å². The average Bonchev–Trinajstić information content (AvgIpc) is 2.97. The predicted octanol–water partition coefficient (Wildman–Crippen LogP) is 3.52. The van der Waals surface area contributed by atoms with E-state index in [1.807, 2.05) is 12.1 Å². The SMILES string of the molecule is C[C@H]1C[C@H]1c1ccc(CN(C)S(=O)(=O)c2c(Cl)nc3ccccn23)o1. The number of pyridine rings is 1. The van der Waals surface area contributed by atoms with Gasteiger partial charge in [-0.25, -0.2) is 13.4 Å². The molecule has 0 saturated heterocycles. The molecule has 0 aliphatic heterocycles. The molecule has 8 heteroatoms. The monoisotopic (exact) mass is 379 g/mol. The van der Waals surface area contributed by atoms with Gasteiger partial charge in [0.15, 0.2) is 10.2 Å². The Bertz CT molecular complexity index is 1040. The van der Waals surface area contributed by atoms with Crippen LogP contribution in [0.25, 0.3) is 5.65 Å². The van der Waals surface area contributed by atoms with Crippen LogP contribution in [0.15, 0.2) is 46.0 Å². The Kier molecular flexibility index (Phi) is 3.90. The Morgan fingerprint density at radius 2 is 2.12 bits per heavy atom. The summed E-state index contributed by atoms with van der Waals surface area (Å²) in [6.45, 7) is 2.32. The zero-order chi connectivity index (χ0) is 17.8. The molecular weight excluding hydrogens is 362 g/mol. The molecule has 3 aromatic rings. The number of fused-ring (bicyclic) bond motifs is 1. The molecule has 1 aliphatic rings. The minimum absolute atomic E-state index is 0.0325. The molecule has 132 valence electrons. The summed E-state index contributed by atoms with van der Waals surface area (Å²) >= 11 is 6.11. The standard InChI is InChI=1S/C17H18ClN3O3S/c1-11-9-13(11)14-7-6-12(24-14)10-20(2)25(22,23)17-16(18)19-15-5-3-4-8-21(15)17/h3-8,11,13H,9-10H2,1-2H3/t11-,13+/m0/s1. The van der Waals surface area contributed by atoms with E-state index in [0.29, 0.717) is 23.2 Å². The highest BCUT2D eigenvalue weighted by atomic mass is 35.5. The highest BCUT2D eigenvalue weighted by molar-refractivity contribution is 7.89. The molecule has 3 heterocycles. The minimum atomic E-state index is -3.82. The van der Waals surface area contributed by atoms with Crippen molar-refractivity contribution in [3.8, 4) is 0 Å². The first-order valence-electron chi connectivity index (χ1n) is 8.05. The van der Waals surface area contributed by atoms with Crippen LogP contribution in [-0.2, 0) is 16.6 Å². The van der Waals surface area contributed by atoms with Crippen molar-refractivity contribution < 1.29 is 12.8 Å². The van der Waals surface area contributed by atoms with Crippen molar-refractivity contribution in [2.45, 2.75) is 30.8 Å². The largest absolute Gasteiger partial charge is 0.464 e. The molecule has 0 amide bonds. The Balaban J connectivity index is 1.63. The molecule has 0 aromatic carbocycles. The second-order valence-corrected chi connectivity index (χ2v) is 8.84. The number of rotatable bonds is 5. The van der Waals surface area contributed by atoms with Gasteiger partial charge in [-0.15, -0.1) is 0 Å². The van der Waals surface area contributed by atoms with Crippen LogP contribution in [0.5, 0.6) is 0 Å². The first kappa shape index (κ1) is 16.6. The lowest BCUT2D eigenvalue weighted by Gasteiger charge is -2.15. The number of sulfonamides is 1. The van der Waals surface area contributed by atoms with Crippen molar-refractivity contribution >= 4 is 27.3 Å². The van der Waals surface area contributed by atoms with E-state index < -0.39 is 10.0 Å². The summed E-state index contributed by atoms with van der Waals surface area (Å²) in [4.78, 5) is 4.11. The first-order chi connectivity index (χ1) is 11.9. The fraction of sp³-hybridized carbons (Fsp3) is 0.353. The lowest BCUT2D eigenvalue weighted by molar-refractivity contribution is 0.388. The maximum atomic E-state index is 13.0. The second-order valence-electron chi connectivity index (χ2n) is 6.52. The normalized spacial score (nSPS) is 20.5. The van der Waals surface area contributed by atoms with E-state index in [0.717, 1.165) is 12.2 Å². The Labute approximate surface area is 151 Å². The molecular formula is C17H18ClN3O3S. The van der Waals surface area contributed by atoms with E-state index in [9.17, 15) is 8.42 Å². The van der Waals surface area contributed by atoms with Crippen LogP contribution in [0, 0.1) is 5.92 Å². The van der Waals surface area contributed by atoms with Gasteiger partial charge in [-0.2, -0.15) is 4.31 Å². The van der Waals surface area contributed by atoms with Crippen molar-refractivity contribution in [2.75, 3.05) is 7.05 Å². The maximum Gasteiger partial charge on any atom is 0.262 e. The van der Waals surface area contributed by atoms with E-state index in [1.165, 1.54) is 15.8 Å². The summed E-state index contributed by atoms with van der Waals surface area (Å²) in [6.07, 6.45) is 2.76. The van der Waals surface area contributed by atoms with E-state index in [-0.39, 0.29) is 16.7 Å². The maximum absolute atomic E-state index is 13.0.